The summed E-state index contributed by atoms with van der Waals surface area (Å²) in [5.74, 6) is 0.572. The predicted molar refractivity (Wildman–Crippen MR) is 102 cm³/mol. The van der Waals surface area contributed by atoms with Crippen LogP contribution < -0.4 is 20.3 Å². The summed E-state index contributed by atoms with van der Waals surface area (Å²) in [7, 11) is 0. The monoisotopic (exact) mass is 373 g/mol. The summed E-state index contributed by atoms with van der Waals surface area (Å²) in [6.07, 6.45) is 0.253. The van der Waals surface area contributed by atoms with Crippen LogP contribution in [0.4, 0.5) is 16.2 Å². The number of anilines is 2. The Balaban J connectivity index is 1.60. The zero-order chi connectivity index (χ0) is 18.5. The lowest BCUT2D eigenvalue weighted by Gasteiger charge is -2.18. The van der Waals surface area contributed by atoms with E-state index in [2.05, 4.69) is 10.6 Å². The van der Waals surface area contributed by atoms with Crippen LogP contribution in [0.15, 0.2) is 48.5 Å². The lowest BCUT2D eigenvalue weighted by atomic mass is 10.2. The molecule has 1 saturated heterocycles. The molecule has 1 fully saturated rings. The Kier molecular flexibility index (Phi) is 5.63. The molecule has 0 radical (unpaired) electrons. The van der Waals surface area contributed by atoms with Crippen LogP contribution in [0.25, 0.3) is 0 Å². The molecule has 0 aliphatic carbocycles. The molecule has 3 rings (SSSR count). The van der Waals surface area contributed by atoms with Crippen LogP contribution in [0.5, 0.6) is 5.75 Å². The average molecular weight is 374 g/mol. The van der Waals surface area contributed by atoms with Gasteiger partial charge in [-0.25, -0.2) is 4.79 Å². The van der Waals surface area contributed by atoms with Crippen molar-refractivity contribution in [1.29, 1.82) is 0 Å². The van der Waals surface area contributed by atoms with Gasteiger partial charge in [0.1, 0.15) is 5.75 Å². The summed E-state index contributed by atoms with van der Waals surface area (Å²) in [5.41, 5.74) is 1.36. The quantitative estimate of drug-likeness (QED) is 0.840. The van der Waals surface area contributed by atoms with Crippen molar-refractivity contribution in [2.24, 2.45) is 0 Å². The van der Waals surface area contributed by atoms with E-state index in [0.29, 0.717) is 29.6 Å². The molecule has 2 aromatic rings. The van der Waals surface area contributed by atoms with Crippen LogP contribution in [0.1, 0.15) is 13.3 Å². The second-order valence-corrected chi connectivity index (χ2v) is 6.35. The Morgan fingerprint density at radius 1 is 1.23 bits per heavy atom. The fourth-order valence-corrected chi connectivity index (χ4v) is 3.00. The van der Waals surface area contributed by atoms with Crippen molar-refractivity contribution in [2.75, 3.05) is 23.4 Å². The Bertz CT molecular complexity index is 795. The molecule has 1 aliphatic heterocycles. The first kappa shape index (κ1) is 18.1. The highest BCUT2D eigenvalue weighted by Gasteiger charge is 2.31. The smallest absolute Gasteiger partial charge is 0.319 e. The summed E-state index contributed by atoms with van der Waals surface area (Å²) in [4.78, 5) is 26.2. The zero-order valence-corrected chi connectivity index (χ0v) is 15.1. The molecule has 1 heterocycles. The van der Waals surface area contributed by atoms with Crippen molar-refractivity contribution in [3.8, 4) is 5.75 Å². The molecule has 0 aromatic heterocycles. The van der Waals surface area contributed by atoms with Crippen LogP contribution in [0, 0.1) is 0 Å². The number of carbonyl (C=O) groups excluding carboxylic acids is 2. The first-order chi connectivity index (χ1) is 12.6. The minimum Gasteiger partial charge on any atom is -0.492 e. The van der Waals surface area contributed by atoms with Gasteiger partial charge in [-0.2, -0.15) is 0 Å². The van der Waals surface area contributed by atoms with E-state index >= 15 is 0 Å². The maximum atomic E-state index is 12.3. The molecule has 2 N–H and O–H groups in total. The predicted octanol–water partition coefficient (Wildman–Crippen LogP) is 3.67. The number of para-hydroxylation sites is 2. The van der Waals surface area contributed by atoms with Gasteiger partial charge in [0, 0.05) is 23.7 Å². The lowest BCUT2D eigenvalue weighted by Crippen LogP contribution is -2.39. The van der Waals surface area contributed by atoms with Crippen LogP contribution in [0.3, 0.4) is 0 Å². The Hall–Kier alpha value is -2.73. The van der Waals surface area contributed by atoms with Crippen molar-refractivity contribution in [1.82, 2.24) is 5.32 Å². The van der Waals surface area contributed by atoms with Crippen molar-refractivity contribution in [2.45, 2.75) is 19.4 Å². The molecule has 0 saturated carbocycles. The average Bonchev–Trinajstić information content (AvgIpc) is 2.97. The van der Waals surface area contributed by atoms with Crippen LogP contribution in [-0.4, -0.2) is 31.1 Å². The molecular formula is C19H20ClN3O3. The third kappa shape index (κ3) is 4.26. The number of halogens is 1. The Labute approximate surface area is 157 Å². The number of nitrogens with zero attached hydrogens (tertiary/aromatic N) is 1. The second-order valence-electron chi connectivity index (χ2n) is 5.91. The molecule has 1 aliphatic rings. The standard InChI is InChI=1S/C19H20ClN3O3/c1-2-26-17-6-4-3-5-16(17)22-19(25)21-14-11-18(24)23(12-14)15-9-7-13(20)8-10-15/h3-10,14H,2,11-12H2,1H3,(H2,21,22,25)/t14-/m1/s1. The van der Waals surface area contributed by atoms with Crippen molar-refractivity contribution in [3.05, 3.63) is 53.6 Å². The maximum absolute atomic E-state index is 12.3. The Morgan fingerprint density at radius 3 is 2.69 bits per heavy atom. The first-order valence-electron chi connectivity index (χ1n) is 8.42. The fraction of sp³-hybridized carbons (Fsp3) is 0.263. The minimum atomic E-state index is -0.368. The second kappa shape index (κ2) is 8.10. The number of benzene rings is 2. The summed E-state index contributed by atoms with van der Waals surface area (Å²) in [5, 5.41) is 6.23. The molecule has 1 atom stereocenters. The third-order valence-corrected chi connectivity index (χ3v) is 4.29. The number of nitrogens with one attached hydrogen (secondary N) is 2. The van der Waals surface area contributed by atoms with Crippen molar-refractivity contribution >= 4 is 34.9 Å². The fourth-order valence-electron chi connectivity index (χ4n) is 2.87. The molecule has 3 amide bonds. The van der Waals surface area contributed by atoms with Gasteiger partial charge in [-0.05, 0) is 43.3 Å². The lowest BCUT2D eigenvalue weighted by molar-refractivity contribution is -0.117. The molecule has 0 spiro atoms. The van der Waals surface area contributed by atoms with Crippen molar-refractivity contribution in [3.63, 3.8) is 0 Å². The van der Waals surface area contributed by atoms with E-state index < -0.39 is 0 Å². The first-order valence-corrected chi connectivity index (χ1v) is 8.80. The summed E-state index contributed by atoms with van der Waals surface area (Å²) in [6.45, 7) is 2.81. The molecule has 26 heavy (non-hydrogen) atoms. The molecular weight excluding hydrogens is 354 g/mol. The van der Waals surface area contributed by atoms with Crippen molar-refractivity contribution < 1.29 is 14.3 Å². The van der Waals surface area contributed by atoms with E-state index in [0.717, 1.165) is 5.69 Å². The van der Waals surface area contributed by atoms with Gasteiger partial charge in [-0.3, -0.25) is 4.79 Å². The van der Waals surface area contributed by atoms with E-state index in [1.165, 1.54) is 0 Å². The van der Waals surface area contributed by atoms with Crippen LogP contribution >= 0.6 is 11.6 Å². The number of hydrogen-bond donors (Lipinski definition) is 2. The number of rotatable bonds is 5. The summed E-state index contributed by atoms with van der Waals surface area (Å²) in [6, 6.07) is 13.6. The molecule has 2 aromatic carbocycles. The summed E-state index contributed by atoms with van der Waals surface area (Å²) < 4.78 is 5.49. The van der Waals surface area contributed by atoms with E-state index in [1.54, 1.807) is 41.3 Å². The molecule has 136 valence electrons. The third-order valence-electron chi connectivity index (χ3n) is 4.03. The van der Waals surface area contributed by atoms with E-state index in [-0.39, 0.29) is 24.4 Å². The highest BCUT2D eigenvalue weighted by molar-refractivity contribution is 6.30. The normalized spacial score (nSPS) is 16.5. The van der Waals surface area contributed by atoms with Gasteiger partial charge in [-0.15, -0.1) is 0 Å². The van der Waals surface area contributed by atoms with E-state index in [9.17, 15) is 9.59 Å². The zero-order valence-electron chi connectivity index (χ0n) is 14.4. The molecule has 7 heteroatoms. The van der Waals surface area contributed by atoms with Crippen LogP contribution in [0.2, 0.25) is 5.02 Å². The van der Waals surface area contributed by atoms with Gasteiger partial charge in [-0.1, -0.05) is 23.7 Å². The van der Waals surface area contributed by atoms with Gasteiger partial charge in [0.15, 0.2) is 0 Å². The van der Waals surface area contributed by atoms with Crippen LogP contribution in [-0.2, 0) is 4.79 Å². The SMILES string of the molecule is CCOc1ccccc1NC(=O)N[C@@H]1CC(=O)N(c2ccc(Cl)cc2)C1. The topological polar surface area (TPSA) is 70.7 Å². The maximum Gasteiger partial charge on any atom is 0.319 e. The molecule has 6 nitrogen and oxygen atoms in total. The van der Waals surface area contributed by atoms with E-state index in [1.807, 2.05) is 19.1 Å². The summed E-state index contributed by atoms with van der Waals surface area (Å²) >= 11 is 5.89. The van der Waals surface area contributed by atoms with Gasteiger partial charge in [0.05, 0.1) is 18.3 Å². The van der Waals surface area contributed by atoms with Gasteiger partial charge < -0.3 is 20.3 Å². The highest BCUT2D eigenvalue weighted by atomic mass is 35.5. The van der Waals surface area contributed by atoms with Gasteiger partial charge in [0.2, 0.25) is 5.91 Å². The van der Waals surface area contributed by atoms with Gasteiger partial charge in [0.25, 0.3) is 0 Å². The largest absolute Gasteiger partial charge is 0.492 e. The number of hydrogen-bond acceptors (Lipinski definition) is 3. The Morgan fingerprint density at radius 2 is 1.96 bits per heavy atom. The number of carbonyl (C=O) groups is 2. The highest BCUT2D eigenvalue weighted by Crippen LogP contribution is 2.25. The van der Waals surface area contributed by atoms with E-state index in [4.69, 9.17) is 16.3 Å². The van der Waals surface area contributed by atoms with Gasteiger partial charge >= 0.3 is 6.03 Å². The minimum absolute atomic E-state index is 0.0349. The number of amides is 3. The molecule has 0 bridgehead atoms. The number of ether oxygens (including phenoxy) is 1. The number of urea groups is 1. The molecule has 0 unspecified atom stereocenters.